The first-order valence-electron chi connectivity index (χ1n) is 18.9. The van der Waals surface area contributed by atoms with Crippen LogP contribution in [0, 0.1) is 0 Å². The van der Waals surface area contributed by atoms with E-state index >= 15 is 0 Å². The van der Waals surface area contributed by atoms with Gasteiger partial charge in [0.2, 0.25) is 23.6 Å². The van der Waals surface area contributed by atoms with Crippen molar-refractivity contribution in [3.8, 4) is 0 Å². The van der Waals surface area contributed by atoms with Crippen LogP contribution in [0.15, 0.2) is 0 Å². The lowest BCUT2D eigenvalue weighted by atomic mass is 9.89. The molecule has 0 aromatic carbocycles. The van der Waals surface area contributed by atoms with E-state index in [1.54, 1.807) is 0 Å². The van der Waals surface area contributed by atoms with Crippen molar-refractivity contribution in [3.63, 3.8) is 0 Å². The van der Waals surface area contributed by atoms with Gasteiger partial charge in [-0.25, -0.2) is 0 Å². The normalized spacial score (nSPS) is 27.6. The maximum absolute atomic E-state index is 13.4. The molecule has 11 atom stereocenters. The second-order valence-electron chi connectivity index (χ2n) is 13.6. The molecule has 0 aliphatic carbocycles. The minimum atomic E-state index is -1.66. The van der Waals surface area contributed by atoms with Crippen LogP contribution < -0.4 is 21.3 Å². The van der Waals surface area contributed by atoms with Crippen LogP contribution in [-0.2, 0) is 61.9 Å². The van der Waals surface area contributed by atoms with Crippen LogP contribution in [-0.4, -0.2) is 212 Å². The van der Waals surface area contributed by atoms with E-state index in [0.29, 0.717) is 32.8 Å². The summed E-state index contributed by atoms with van der Waals surface area (Å²) in [5.41, 5.74) is 0. The first-order valence-corrected chi connectivity index (χ1v) is 18.9. The molecule has 10 unspecified atom stereocenters. The lowest BCUT2D eigenvalue weighted by molar-refractivity contribution is -0.268. The number of carbonyl (C=O) groups excluding carboxylic acids is 6. The van der Waals surface area contributed by atoms with Crippen molar-refractivity contribution in [2.45, 2.75) is 107 Å². The molecular weight excluding hydrogens is 780 g/mol. The molecule has 58 heavy (non-hydrogen) atoms. The quantitative estimate of drug-likeness (QED) is 0.0328. The van der Waals surface area contributed by atoms with Crippen LogP contribution in [0.1, 0.15) is 40.0 Å². The van der Waals surface area contributed by atoms with Crippen molar-refractivity contribution in [1.82, 2.24) is 21.3 Å². The summed E-state index contributed by atoms with van der Waals surface area (Å²) < 4.78 is 38.0. The van der Waals surface area contributed by atoms with Gasteiger partial charge in [-0.2, -0.15) is 0 Å². The molecule has 0 spiro atoms. The number of rotatable bonds is 28. The SMILES string of the molecule is CC(=O)CCOCCOCCOCCOCCNC(=O)[C@H](CC(=O)CC1OC(CO)C(O)C(O)C1NC(C)=O)NC(=O)COC1OC(CO)C(O)C(O)C1NC(C)=O. The molecule has 2 aliphatic rings. The molecule has 10 N–H and O–H groups in total. The molecule has 0 saturated carbocycles. The first-order chi connectivity index (χ1) is 27.6. The largest absolute Gasteiger partial charge is 0.394 e. The summed E-state index contributed by atoms with van der Waals surface area (Å²) in [5.74, 6) is -3.66. The maximum Gasteiger partial charge on any atom is 0.246 e. The smallest absolute Gasteiger partial charge is 0.246 e. The van der Waals surface area contributed by atoms with Gasteiger partial charge in [0, 0.05) is 39.7 Å². The Kier molecular flexibility index (Phi) is 24.1. The van der Waals surface area contributed by atoms with Crippen molar-refractivity contribution in [3.05, 3.63) is 0 Å². The highest BCUT2D eigenvalue weighted by Gasteiger charge is 2.47. The minimum absolute atomic E-state index is 0.0156. The molecule has 0 radical (unpaired) electrons. The summed E-state index contributed by atoms with van der Waals surface area (Å²) in [5, 5.41) is 70.5. The fourth-order valence-electron chi connectivity index (χ4n) is 5.88. The third kappa shape index (κ3) is 18.3. The van der Waals surface area contributed by atoms with E-state index < -0.39 is 129 Å². The third-order valence-electron chi connectivity index (χ3n) is 8.80. The van der Waals surface area contributed by atoms with E-state index in [1.165, 1.54) is 6.92 Å². The fourth-order valence-corrected chi connectivity index (χ4v) is 5.88. The van der Waals surface area contributed by atoms with Gasteiger partial charge < -0.3 is 85.1 Å². The van der Waals surface area contributed by atoms with Gasteiger partial charge in [0.25, 0.3) is 0 Å². The number of ether oxygens (including phenoxy) is 7. The highest BCUT2D eigenvalue weighted by Crippen LogP contribution is 2.25. The highest BCUT2D eigenvalue weighted by molar-refractivity contribution is 5.93. The Hall–Kier alpha value is -3.30. The van der Waals surface area contributed by atoms with Crippen molar-refractivity contribution >= 4 is 35.2 Å². The van der Waals surface area contributed by atoms with E-state index in [2.05, 4.69) is 21.3 Å². The summed E-state index contributed by atoms with van der Waals surface area (Å²) >= 11 is 0. The molecule has 23 heteroatoms. The van der Waals surface area contributed by atoms with Gasteiger partial charge in [-0.3, -0.25) is 28.8 Å². The van der Waals surface area contributed by atoms with Gasteiger partial charge >= 0.3 is 0 Å². The summed E-state index contributed by atoms with van der Waals surface area (Å²) in [4.78, 5) is 74.2. The minimum Gasteiger partial charge on any atom is -0.394 e. The average molecular weight is 841 g/mol. The zero-order valence-electron chi connectivity index (χ0n) is 32.9. The molecule has 23 nitrogen and oxygen atoms in total. The second-order valence-corrected chi connectivity index (χ2v) is 13.6. The van der Waals surface area contributed by atoms with Crippen LogP contribution in [0.2, 0.25) is 0 Å². The monoisotopic (exact) mass is 840 g/mol. The number of carbonyl (C=O) groups is 6. The first kappa shape index (κ1) is 50.8. The molecule has 0 aromatic rings. The number of hydrogen-bond donors (Lipinski definition) is 10. The molecule has 2 fully saturated rings. The van der Waals surface area contributed by atoms with Crippen LogP contribution in [0.25, 0.3) is 0 Å². The topological polar surface area (TPSA) is 337 Å². The number of Topliss-reactive ketones (excluding diaryl/α,β-unsaturated/α-hetero) is 2. The number of aliphatic hydroxyl groups is 6. The molecule has 0 bridgehead atoms. The highest BCUT2D eigenvalue weighted by atomic mass is 16.7. The maximum atomic E-state index is 13.4. The summed E-state index contributed by atoms with van der Waals surface area (Å²) in [7, 11) is 0. The van der Waals surface area contributed by atoms with Crippen LogP contribution in [0.4, 0.5) is 0 Å². The summed E-state index contributed by atoms with van der Waals surface area (Å²) in [6.07, 6.45) is -12.7. The predicted octanol–water partition coefficient (Wildman–Crippen LogP) is -6.07. The number of ketones is 2. The van der Waals surface area contributed by atoms with E-state index in [0.717, 1.165) is 13.8 Å². The van der Waals surface area contributed by atoms with Crippen molar-refractivity contribution in [2.75, 3.05) is 79.2 Å². The van der Waals surface area contributed by atoms with Gasteiger partial charge in [0.15, 0.2) is 6.29 Å². The lowest BCUT2D eigenvalue weighted by Crippen LogP contribution is -2.64. The molecule has 0 aromatic heterocycles. The van der Waals surface area contributed by atoms with E-state index in [-0.39, 0.29) is 38.8 Å². The Balaban J connectivity index is 1.98. The van der Waals surface area contributed by atoms with Gasteiger partial charge in [-0.05, 0) is 6.92 Å². The summed E-state index contributed by atoms with van der Waals surface area (Å²) in [6.45, 7) is 3.42. The van der Waals surface area contributed by atoms with Crippen molar-refractivity contribution < 1.29 is 92.6 Å². The van der Waals surface area contributed by atoms with Crippen LogP contribution in [0.5, 0.6) is 0 Å². The second kappa shape index (κ2) is 27.5. The third-order valence-corrected chi connectivity index (χ3v) is 8.80. The van der Waals surface area contributed by atoms with Gasteiger partial charge in [0.1, 0.15) is 66.9 Å². The van der Waals surface area contributed by atoms with Crippen molar-refractivity contribution in [2.24, 2.45) is 0 Å². The van der Waals surface area contributed by atoms with Gasteiger partial charge in [-0.15, -0.1) is 0 Å². The fraction of sp³-hybridized carbons (Fsp3) is 0.829. The standard InChI is InChI=1S/C35H60N4O19/c1-19(42)4-6-52-8-10-54-12-13-55-11-9-53-7-5-36-34(51)23(14-22(45)15-24-28(37-20(2)43)32(49)30(47)25(16-40)57-24)39-27(46)18-56-35-29(38-21(3)44)33(50)31(48)26(17-41)58-35/h23-26,28-33,35,40-41,47-50H,4-18H2,1-3H3,(H,36,51)(H,37,43)(H,38,44)(H,39,46)/t23-,24?,25?,26?,28?,29?,30?,31?,32?,33?,35?/m0/s1. The number of amides is 4. The molecular formula is C35H60N4O19. The van der Waals surface area contributed by atoms with E-state index in [9.17, 15) is 59.4 Å². The molecule has 2 aliphatic heterocycles. The van der Waals surface area contributed by atoms with Crippen LogP contribution >= 0.6 is 0 Å². The Bertz CT molecular complexity index is 1300. The molecule has 2 rings (SSSR count). The Morgan fingerprint density at radius 2 is 1.14 bits per heavy atom. The van der Waals surface area contributed by atoms with Gasteiger partial charge in [-0.1, -0.05) is 0 Å². The Morgan fingerprint density at radius 3 is 1.67 bits per heavy atom. The number of aliphatic hydroxyl groups excluding tert-OH is 6. The van der Waals surface area contributed by atoms with Crippen molar-refractivity contribution in [1.29, 1.82) is 0 Å². The number of nitrogens with one attached hydrogen (secondary N) is 4. The van der Waals surface area contributed by atoms with Crippen LogP contribution in [0.3, 0.4) is 0 Å². The Morgan fingerprint density at radius 1 is 0.638 bits per heavy atom. The molecule has 2 heterocycles. The average Bonchev–Trinajstić information content (AvgIpc) is 3.16. The molecule has 4 amide bonds. The van der Waals surface area contributed by atoms with E-state index in [4.69, 9.17) is 33.2 Å². The summed E-state index contributed by atoms with van der Waals surface area (Å²) in [6, 6.07) is -4.16. The Labute approximate surface area is 335 Å². The zero-order valence-corrected chi connectivity index (χ0v) is 32.9. The van der Waals surface area contributed by atoms with E-state index in [1.807, 2.05) is 0 Å². The zero-order chi connectivity index (χ0) is 43.2. The molecule has 334 valence electrons. The van der Waals surface area contributed by atoms with Gasteiger partial charge in [0.05, 0.1) is 78.2 Å². The lowest BCUT2D eigenvalue weighted by Gasteiger charge is -2.42. The predicted molar refractivity (Wildman–Crippen MR) is 194 cm³/mol. The molecule has 2 saturated heterocycles. The number of hydrogen-bond acceptors (Lipinski definition) is 19.